The van der Waals surface area contributed by atoms with Crippen LogP contribution in [-0.4, -0.2) is 103 Å². The van der Waals surface area contributed by atoms with E-state index in [9.17, 15) is 24.3 Å². The molecule has 0 saturated carbocycles. The van der Waals surface area contributed by atoms with Crippen LogP contribution in [0.1, 0.15) is 54.7 Å². The first-order chi connectivity index (χ1) is 34.7. The van der Waals surface area contributed by atoms with Gasteiger partial charge in [0.15, 0.2) is 24.8 Å². The Morgan fingerprint density at radius 2 is 0.845 bits per heavy atom. The van der Waals surface area contributed by atoms with Gasteiger partial charge in [-0.15, -0.1) is 0 Å². The van der Waals surface area contributed by atoms with Crippen LogP contribution in [0.2, 0.25) is 0 Å². The van der Waals surface area contributed by atoms with Gasteiger partial charge in [0.1, 0.15) is 43.2 Å². The van der Waals surface area contributed by atoms with Crippen LogP contribution < -0.4 is 5.32 Å². The molecule has 0 spiro atoms. The molecule has 2 N–H and O–H groups in total. The van der Waals surface area contributed by atoms with Crippen LogP contribution in [0.25, 0.3) is 0 Å². The fraction of sp³-hybridized carbons (Fsp3) is 0.286. The summed E-state index contributed by atoms with van der Waals surface area (Å²) < 4.78 is 57.4. The van der Waals surface area contributed by atoms with Gasteiger partial charge in [-0.2, -0.15) is 0 Å². The number of carbonyl (C=O) groups is 4. The molecular weight excluding hydrogens is 911 g/mol. The average Bonchev–Trinajstić information content (AvgIpc) is 3.41. The molecule has 15 nitrogen and oxygen atoms in total. The summed E-state index contributed by atoms with van der Waals surface area (Å²) in [4.78, 5) is 54.5. The van der Waals surface area contributed by atoms with Crippen molar-refractivity contribution in [2.45, 2.75) is 88.1 Å². The van der Waals surface area contributed by atoms with Crippen molar-refractivity contribution in [3.05, 3.63) is 215 Å². The minimum atomic E-state index is -1.56. The number of hydrogen-bond acceptors (Lipinski definition) is 14. The van der Waals surface area contributed by atoms with Gasteiger partial charge in [0, 0.05) is 6.92 Å². The minimum Gasteiger partial charge on any atom is -0.459 e. The molecule has 8 rings (SSSR count). The van der Waals surface area contributed by atoms with Gasteiger partial charge < -0.3 is 53.1 Å². The molecule has 1 amide bonds. The van der Waals surface area contributed by atoms with Gasteiger partial charge in [0.05, 0.1) is 43.1 Å². The molecule has 0 radical (unpaired) electrons. The molecule has 10 atom stereocenters. The number of rotatable bonds is 20. The number of esters is 3. The van der Waals surface area contributed by atoms with Crippen molar-refractivity contribution in [1.29, 1.82) is 0 Å². The van der Waals surface area contributed by atoms with E-state index in [4.69, 9.17) is 42.6 Å². The van der Waals surface area contributed by atoms with E-state index in [0.717, 1.165) is 16.7 Å². The van der Waals surface area contributed by atoms with Crippen LogP contribution >= 0.6 is 0 Å². The van der Waals surface area contributed by atoms with E-state index in [1.54, 1.807) is 91.0 Å². The molecule has 0 bridgehead atoms. The highest BCUT2D eigenvalue weighted by atomic mass is 16.7. The van der Waals surface area contributed by atoms with Gasteiger partial charge in [0.2, 0.25) is 5.91 Å². The van der Waals surface area contributed by atoms with Gasteiger partial charge in [0.25, 0.3) is 0 Å². The van der Waals surface area contributed by atoms with Crippen LogP contribution in [0.15, 0.2) is 182 Å². The normalized spacial score (nSPS) is 24.0. The number of ether oxygens (including phenoxy) is 9. The second-order valence-corrected chi connectivity index (χ2v) is 16.9. The third kappa shape index (κ3) is 13.8. The third-order valence-corrected chi connectivity index (χ3v) is 11.8. The Balaban J connectivity index is 1.13. The monoisotopic (exact) mass is 965 g/mol. The Hall–Kier alpha value is -7.08. The molecule has 0 aliphatic carbocycles. The number of nitrogens with one attached hydrogen (secondary N) is 1. The number of benzene rings is 6. The van der Waals surface area contributed by atoms with Gasteiger partial charge in [-0.05, 0) is 53.1 Å². The maximum absolute atomic E-state index is 14.0. The average molecular weight is 966 g/mol. The van der Waals surface area contributed by atoms with E-state index < -0.39 is 91.8 Å². The van der Waals surface area contributed by atoms with Crippen molar-refractivity contribution < 1.29 is 66.9 Å². The molecule has 2 saturated heterocycles. The predicted molar refractivity (Wildman–Crippen MR) is 256 cm³/mol. The molecule has 2 aliphatic heterocycles. The highest BCUT2D eigenvalue weighted by Gasteiger charge is 2.54. The first kappa shape index (κ1) is 50.3. The van der Waals surface area contributed by atoms with Gasteiger partial charge in [-0.25, -0.2) is 14.4 Å². The standard InChI is InChI=1S/C56H55NO14/c1-37(58)57-46-49(71-54(61)43-30-18-7-19-31-43)48(70-53(60)42-28-16-6-17-29-42)45(35-66-52(59)41-26-14-5-15-27-41)69-56(46)67-36-44-47(63-32-38-20-8-2-9-21-38)50(64-33-39-22-10-3-11-23-39)51(55(62)68-44)65-34-40-24-12-4-13-25-40/h2-31,44-51,55-56,62H,32-36H2,1H3,(H,57,58)/t44-,45-,46+,47-,48+,49-,50+,51-,55+,56+/m1/s1. The third-order valence-electron chi connectivity index (χ3n) is 11.8. The lowest BCUT2D eigenvalue weighted by Gasteiger charge is -2.47. The molecule has 368 valence electrons. The predicted octanol–water partition coefficient (Wildman–Crippen LogP) is 7.01. The van der Waals surface area contributed by atoms with E-state index in [0.29, 0.717) is 0 Å². The Labute approximate surface area is 411 Å². The highest BCUT2D eigenvalue weighted by molar-refractivity contribution is 5.91. The molecule has 0 aromatic heterocycles. The zero-order chi connectivity index (χ0) is 49.4. The van der Waals surface area contributed by atoms with Crippen molar-refractivity contribution in [3.8, 4) is 0 Å². The second kappa shape index (κ2) is 25.2. The maximum Gasteiger partial charge on any atom is 0.338 e. The van der Waals surface area contributed by atoms with Crippen LogP contribution in [0.5, 0.6) is 0 Å². The zero-order valence-corrected chi connectivity index (χ0v) is 38.9. The summed E-state index contributed by atoms with van der Waals surface area (Å²) in [5.41, 5.74) is 3.12. The Morgan fingerprint density at radius 1 is 0.451 bits per heavy atom. The minimum absolute atomic E-state index is 0.105. The highest BCUT2D eigenvalue weighted by Crippen LogP contribution is 2.33. The van der Waals surface area contributed by atoms with Crippen molar-refractivity contribution in [2.75, 3.05) is 13.2 Å². The summed E-state index contributed by atoms with van der Waals surface area (Å²) in [6.07, 6.45) is -11.5. The molecule has 6 aromatic carbocycles. The molecule has 15 heteroatoms. The van der Waals surface area contributed by atoms with Gasteiger partial charge in [-0.1, -0.05) is 146 Å². The topological polar surface area (TPSA) is 184 Å². The van der Waals surface area contributed by atoms with Crippen LogP contribution in [0.3, 0.4) is 0 Å². The van der Waals surface area contributed by atoms with Crippen molar-refractivity contribution in [3.63, 3.8) is 0 Å². The number of aliphatic hydroxyl groups is 1. The quantitative estimate of drug-likeness (QED) is 0.0588. The van der Waals surface area contributed by atoms with Crippen LogP contribution in [-0.2, 0) is 67.2 Å². The van der Waals surface area contributed by atoms with E-state index in [-0.39, 0.29) is 43.1 Å². The smallest absolute Gasteiger partial charge is 0.338 e. The first-order valence-electron chi connectivity index (χ1n) is 23.3. The van der Waals surface area contributed by atoms with E-state index in [1.165, 1.54) is 6.92 Å². The molecule has 71 heavy (non-hydrogen) atoms. The van der Waals surface area contributed by atoms with Crippen molar-refractivity contribution in [2.24, 2.45) is 0 Å². The van der Waals surface area contributed by atoms with Crippen LogP contribution in [0.4, 0.5) is 0 Å². The van der Waals surface area contributed by atoms with E-state index in [2.05, 4.69) is 5.32 Å². The van der Waals surface area contributed by atoms with Gasteiger partial charge >= 0.3 is 17.9 Å². The first-order valence-corrected chi connectivity index (χ1v) is 23.3. The summed E-state index contributed by atoms with van der Waals surface area (Å²) in [5, 5.41) is 14.6. The molecule has 2 heterocycles. The lowest BCUT2D eigenvalue weighted by molar-refractivity contribution is -0.329. The summed E-state index contributed by atoms with van der Waals surface area (Å²) in [6.45, 7) is 0.701. The number of aliphatic hydroxyl groups excluding tert-OH is 1. The fourth-order valence-electron chi connectivity index (χ4n) is 8.29. The SMILES string of the molecule is CC(=O)N[C@@H]1[C@@H](OC[C@H]2O[C@H](O)[C@H](OCc3ccccc3)[C@@H](OCc3ccccc3)[C@@H]2OCc2ccccc2)O[C@H](COC(=O)c2ccccc2)[C@H](OC(=O)c2ccccc2)[C@@H]1OC(=O)c1ccccc1. The maximum atomic E-state index is 14.0. The zero-order valence-electron chi connectivity index (χ0n) is 38.9. The van der Waals surface area contributed by atoms with Crippen molar-refractivity contribution in [1.82, 2.24) is 5.32 Å². The lowest BCUT2D eigenvalue weighted by Crippen LogP contribution is -2.67. The summed E-state index contributed by atoms with van der Waals surface area (Å²) in [5.74, 6) is -2.92. The Morgan fingerprint density at radius 3 is 1.31 bits per heavy atom. The molecule has 0 unspecified atom stereocenters. The number of carbonyl (C=O) groups excluding carboxylic acids is 4. The van der Waals surface area contributed by atoms with Gasteiger partial charge in [-0.3, -0.25) is 4.79 Å². The number of amides is 1. The molecule has 2 aliphatic rings. The van der Waals surface area contributed by atoms with Crippen molar-refractivity contribution >= 4 is 23.8 Å². The summed E-state index contributed by atoms with van der Waals surface area (Å²) in [7, 11) is 0. The van der Waals surface area contributed by atoms with E-state index >= 15 is 0 Å². The Bertz CT molecular complexity index is 2590. The molecular formula is C56H55NO14. The largest absolute Gasteiger partial charge is 0.459 e. The fourth-order valence-corrected chi connectivity index (χ4v) is 8.29. The van der Waals surface area contributed by atoms with E-state index in [1.807, 2.05) is 91.0 Å². The summed E-state index contributed by atoms with van der Waals surface area (Å²) in [6, 6.07) is 51.6. The lowest BCUT2D eigenvalue weighted by atomic mass is 9.95. The summed E-state index contributed by atoms with van der Waals surface area (Å²) >= 11 is 0. The molecule has 2 fully saturated rings. The molecule has 6 aromatic rings. The second-order valence-electron chi connectivity index (χ2n) is 16.9. The van der Waals surface area contributed by atoms with Crippen LogP contribution in [0, 0.1) is 0 Å². The number of hydrogen-bond donors (Lipinski definition) is 2. The Kier molecular flexibility index (Phi) is 17.8.